The maximum Gasteiger partial charge on any atom is 0.223 e. The van der Waals surface area contributed by atoms with Crippen molar-refractivity contribution < 1.29 is 9.21 Å². The Kier molecular flexibility index (Phi) is 4.96. The first-order valence-electron chi connectivity index (χ1n) is 9.99. The van der Waals surface area contributed by atoms with Gasteiger partial charge in [0, 0.05) is 31.1 Å². The number of nitrogens with zero attached hydrogens (tertiary/aromatic N) is 5. The normalized spacial score (nSPS) is 16.4. The Hall–Kier alpha value is -3.19. The van der Waals surface area contributed by atoms with Crippen molar-refractivity contribution in [3.8, 4) is 11.3 Å². The van der Waals surface area contributed by atoms with Crippen LogP contribution in [-0.4, -0.2) is 36.9 Å². The summed E-state index contributed by atoms with van der Waals surface area (Å²) >= 11 is 6.23. The SMILES string of the molecule is O=C(CCc1ncc(-c2ccccc2Cl)o1)N1CCCC1c1nnc2ccccn12. The molecule has 0 aliphatic carbocycles. The fraction of sp³-hybridized carbons (Fsp3) is 0.273. The van der Waals surface area contributed by atoms with Gasteiger partial charge in [-0.25, -0.2) is 4.98 Å². The van der Waals surface area contributed by atoms with Gasteiger partial charge >= 0.3 is 0 Å². The summed E-state index contributed by atoms with van der Waals surface area (Å²) in [6.45, 7) is 0.724. The third-order valence-corrected chi connectivity index (χ3v) is 5.79. The van der Waals surface area contributed by atoms with E-state index in [0.717, 1.165) is 36.4 Å². The van der Waals surface area contributed by atoms with Gasteiger partial charge < -0.3 is 9.32 Å². The Bertz CT molecular complexity index is 1200. The standard InChI is InChI=1S/C22H20ClN5O2/c23-16-7-2-1-6-15(16)18-14-24-20(30-18)10-11-21(29)27-13-5-8-17(27)22-26-25-19-9-3-4-12-28(19)22/h1-4,6-7,9,12,14,17H,5,8,10-11,13H2. The van der Waals surface area contributed by atoms with E-state index in [1.54, 1.807) is 6.20 Å². The van der Waals surface area contributed by atoms with Gasteiger partial charge in [-0.2, -0.15) is 0 Å². The van der Waals surface area contributed by atoms with E-state index >= 15 is 0 Å². The molecule has 8 heteroatoms. The number of likely N-dealkylation sites (tertiary alicyclic amines) is 1. The average Bonchev–Trinajstić information content (AvgIpc) is 3.51. The van der Waals surface area contributed by atoms with Gasteiger partial charge in [0.15, 0.2) is 23.1 Å². The Balaban J connectivity index is 1.28. The highest BCUT2D eigenvalue weighted by atomic mass is 35.5. The summed E-state index contributed by atoms with van der Waals surface area (Å²) in [5.41, 5.74) is 1.58. The predicted molar refractivity (Wildman–Crippen MR) is 112 cm³/mol. The highest BCUT2D eigenvalue weighted by molar-refractivity contribution is 6.33. The summed E-state index contributed by atoms with van der Waals surface area (Å²) in [5, 5.41) is 9.19. The number of oxazole rings is 1. The predicted octanol–water partition coefficient (Wildman–Crippen LogP) is 4.33. The van der Waals surface area contributed by atoms with Crippen molar-refractivity contribution in [3.63, 3.8) is 0 Å². The molecule has 1 saturated heterocycles. The number of rotatable bonds is 5. The lowest BCUT2D eigenvalue weighted by atomic mass is 10.2. The van der Waals surface area contributed by atoms with Crippen LogP contribution >= 0.6 is 11.6 Å². The minimum Gasteiger partial charge on any atom is -0.441 e. The van der Waals surface area contributed by atoms with Crippen LogP contribution in [0.25, 0.3) is 17.0 Å². The Morgan fingerprint density at radius 1 is 1.17 bits per heavy atom. The number of benzene rings is 1. The fourth-order valence-corrected chi connectivity index (χ4v) is 4.22. The van der Waals surface area contributed by atoms with Gasteiger partial charge in [-0.15, -0.1) is 10.2 Å². The Morgan fingerprint density at radius 2 is 2.03 bits per heavy atom. The second-order valence-electron chi connectivity index (χ2n) is 7.33. The van der Waals surface area contributed by atoms with Crippen LogP contribution in [0.3, 0.4) is 0 Å². The fourth-order valence-electron chi connectivity index (χ4n) is 3.99. The molecule has 4 aromatic rings. The molecule has 5 rings (SSSR count). The second kappa shape index (κ2) is 7.91. The molecular weight excluding hydrogens is 402 g/mol. The van der Waals surface area contributed by atoms with Crippen molar-refractivity contribution >= 4 is 23.2 Å². The molecule has 1 atom stereocenters. The lowest BCUT2D eigenvalue weighted by molar-refractivity contribution is -0.132. The quantitative estimate of drug-likeness (QED) is 0.479. The van der Waals surface area contributed by atoms with E-state index in [9.17, 15) is 4.79 Å². The summed E-state index contributed by atoms with van der Waals surface area (Å²) in [6, 6.07) is 13.2. The summed E-state index contributed by atoms with van der Waals surface area (Å²) < 4.78 is 7.79. The molecule has 0 spiro atoms. The molecule has 1 amide bonds. The van der Waals surface area contributed by atoms with Crippen LogP contribution < -0.4 is 0 Å². The van der Waals surface area contributed by atoms with Crippen LogP contribution in [0.1, 0.15) is 37.0 Å². The molecular formula is C22H20ClN5O2. The number of carbonyl (C=O) groups is 1. The van der Waals surface area contributed by atoms with E-state index < -0.39 is 0 Å². The number of aromatic nitrogens is 4. The molecule has 30 heavy (non-hydrogen) atoms. The Morgan fingerprint density at radius 3 is 2.93 bits per heavy atom. The van der Waals surface area contributed by atoms with E-state index in [4.69, 9.17) is 16.0 Å². The zero-order valence-corrected chi connectivity index (χ0v) is 17.0. The number of fused-ring (bicyclic) bond motifs is 1. The molecule has 1 aromatic carbocycles. The third-order valence-electron chi connectivity index (χ3n) is 5.46. The van der Waals surface area contributed by atoms with Crippen molar-refractivity contribution in [1.29, 1.82) is 0 Å². The van der Waals surface area contributed by atoms with Gasteiger partial charge in [-0.1, -0.05) is 29.8 Å². The number of hydrogen-bond acceptors (Lipinski definition) is 5. The van der Waals surface area contributed by atoms with E-state index in [1.165, 1.54) is 0 Å². The summed E-state index contributed by atoms with van der Waals surface area (Å²) in [7, 11) is 0. The molecule has 0 N–H and O–H groups in total. The highest BCUT2D eigenvalue weighted by Crippen LogP contribution is 2.32. The van der Waals surface area contributed by atoms with E-state index in [0.29, 0.717) is 29.5 Å². The number of pyridine rings is 1. The van der Waals surface area contributed by atoms with Crippen LogP contribution in [0.15, 0.2) is 59.3 Å². The van der Waals surface area contributed by atoms with Crippen LogP contribution in [0.2, 0.25) is 5.02 Å². The van der Waals surface area contributed by atoms with E-state index in [1.807, 2.05) is 58.0 Å². The zero-order chi connectivity index (χ0) is 20.5. The van der Waals surface area contributed by atoms with Crippen LogP contribution in [0, 0.1) is 0 Å². The zero-order valence-electron chi connectivity index (χ0n) is 16.2. The molecule has 1 aliphatic heterocycles. The smallest absolute Gasteiger partial charge is 0.223 e. The molecule has 1 unspecified atom stereocenters. The minimum atomic E-state index is -0.0573. The summed E-state index contributed by atoms with van der Waals surface area (Å²) in [6.07, 6.45) is 6.20. The topological polar surface area (TPSA) is 76.5 Å². The van der Waals surface area contributed by atoms with E-state index in [2.05, 4.69) is 15.2 Å². The third kappa shape index (κ3) is 3.45. The van der Waals surface area contributed by atoms with E-state index in [-0.39, 0.29) is 11.9 Å². The Labute approximate surface area is 178 Å². The van der Waals surface area contributed by atoms with Crippen LogP contribution in [0.5, 0.6) is 0 Å². The van der Waals surface area contributed by atoms with Crippen molar-refractivity contribution in [2.45, 2.75) is 31.7 Å². The van der Waals surface area contributed by atoms with Crippen LogP contribution in [0.4, 0.5) is 0 Å². The molecule has 3 aromatic heterocycles. The van der Waals surface area contributed by atoms with Gasteiger partial charge in [-0.05, 0) is 37.1 Å². The first kappa shape index (κ1) is 18.8. The minimum absolute atomic E-state index is 0.0573. The largest absolute Gasteiger partial charge is 0.441 e. The number of hydrogen-bond donors (Lipinski definition) is 0. The number of aryl methyl sites for hydroxylation is 1. The maximum absolute atomic E-state index is 13.0. The average molecular weight is 422 g/mol. The lowest BCUT2D eigenvalue weighted by Crippen LogP contribution is -2.31. The van der Waals surface area contributed by atoms with Gasteiger partial charge in [-0.3, -0.25) is 9.20 Å². The van der Waals surface area contributed by atoms with Gasteiger partial charge in [0.25, 0.3) is 0 Å². The van der Waals surface area contributed by atoms with Crippen molar-refractivity contribution in [2.24, 2.45) is 0 Å². The number of amides is 1. The van der Waals surface area contributed by atoms with Crippen molar-refractivity contribution in [1.82, 2.24) is 24.5 Å². The van der Waals surface area contributed by atoms with Crippen molar-refractivity contribution in [3.05, 3.63) is 71.6 Å². The van der Waals surface area contributed by atoms with Gasteiger partial charge in [0.05, 0.1) is 17.3 Å². The molecule has 0 bridgehead atoms. The monoisotopic (exact) mass is 421 g/mol. The molecule has 152 valence electrons. The molecule has 1 fully saturated rings. The molecule has 7 nitrogen and oxygen atoms in total. The molecule has 4 heterocycles. The van der Waals surface area contributed by atoms with Gasteiger partial charge in [0.2, 0.25) is 5.91 Å². The second-order valence-corrected chi connectivity index (χ2v) is 7.74. The summed E-state index contributed by atoms with van der Waals surface area (Å²) in [5.74, 6) is 2.02. The molecule has 0 saturated carbocycles. The highest BCUT2D eigenvalue weighted by Gasteiger charge is 2.33. The van der Waals surface area contributed by atoms with Gasteiger partial charge in [0.1, 0.15) is 0 Å². The van der Waals surface area contributed by atoms with Crippen LogP contribution in [-0.2, 0) is 11.2 Å². The maximum atomic E-state index is 13.0. The lowest BCUT2D eigenvalue weighted by Gasteiger charge is -2.23. The molecule has 0 radical (unpaired) electrons. The number of halogens is 1. The summed E-state index contributed by atoms with van der Waals surface area (Å²) in [4.78, 5) is 19.2. The first-order chi connectivity index (χ1) is 14.7. The first-order valence-corrected chi connectivity index (χ1v) is 10.4. The van der Waals surface area contributed by atoms with Crippen molar-refractivity contribution in [2.75, 3.05) is 6.54 Å². The molecule has 1 aliphatic rings. The number of carbonyl (C=O) groups excluding carboxylic acids is 1.